The van der Waals surface area contributed by atoms with E-state index in [1.54, 1.807) is 0 Å². The highest BCUT2D eigenvalue weighted by atomic mass is 79.9. The third-order valence-electron chi connectivity index (χ3n) is 3.65. The Hall–Kier alpha value is -0.990. The molecule has 0 saturated carbocycles. The summed E-state index contributed by atoms with van der Waals surface area (Å²) in [5.74, 6) is 0.528. The number of hydrogen-bond donors (Lipinski definition) is 0. The van der Waals surface area contributed by atoms with Crippen molar-refractivity contribution >= 4 is 38.9 Å². The zero-order chi connectivity index (χ0) is 13.4. The molecule has 0 saturated heterocycles. The number of hydrogen-bond acceptors (Lipinski definition) is 1. The Labute approximate surface area is 127 Å². The molecule has 1 heterocycles. The van der Waals surface area contributed by atoms with Crippen molar-refractivity contribution in [2.45, 2.75) is 25.3 Å². The van der Waals surface area contributed by atoms with Gasteiger partial charge in [0.1, 0.15) is 0 Å². The fraction of sp³-hybridized carbons (Fsp3) is 0.250. The van der Waals surface area contributed by atoms with Gasteiger partial charge in [0.25, 0.3) is 0 Å². The summed E-state index contributed by atoms with van der Waals surface area (Å²) >= 11 is 9.63. The largest absolute Gasteiger partial charge is 0.338 e. The maximum Gasteiger partial charge on any atom is 0.0495 e. The average molecular weight is 337 g/mol. The van der Waals surface area contributed by atoms with Crippen LogP contribution < -0.4 is 4.90 Å². The van der Waals surface area contributed by atoms with Crippen LogP contribution in [0.5, 0.6) is 0 Å². The summed E-state index contributed by atoms with van der Waals surface area (Å²) in [5.41, 5.74) is 5.11. The fourth-order valence-electron chi connectivity index (χ4n) is 2.83. The van der Waals surface area contributed by atoms with E-state index in [4.69, 9.17) is 11.6 Å². The Bertz CT molecular complexity index is 611. The van der Waals surface area contributed by atoms with Crippen molar-refractivity contribution in [3.63, 3.8) is 0 Å². The summed E-state index contributed by atoms with van der Waals surface area (Å²) in [6.07, 6.45) is 1.09. The first-order chi connectivity index (χ1) is 9.20. The van der Waals surface area contributed by atoms with Crippen molar-refractivity contribution in [2.75, 3.05) is 4.90 Å². The molecule has 1 atom stereocenters. The van der Waals surface area contributed by atoms with Gasteiger partial charge in [0.05, 0.1) is 0 Å². The second kappa shape index (κ2) is 5.18. The van der Waals surface area contributed by atoms with Gasteiger partial charge in [-0.2, -0.15) is 0 Å². The minimum absolute atomic E-state index is 0.473. The van der Waals surface area contributed by atoms with E-state index in [2.05, 4.69) is 70.2 Å². The molecule has 0 spiro atoms. The van der Waals surface area contributed by atoms with Crippen LogP contribution in [-0.2, 0) is 12.3 Å². The maximum absolute atomic E-state index is 6.11. The van der Waals surface area contributed by atoms with Crippen LogP contribution in [0.1, 0.15) is 18.1 Å². The number of alkyl halides is 1. The van der Waals surface area contributed by atoms with E-state index >= 15 is 0 Å². The third-order valence-corrected chi connectivity index (χ3v) is 4.43. The smallest absolute Gasteiger partial charge is 0.0495 e. The molecule has 3 heteroatoms. The highest BCUT2D eigenvalue weighted by molar-refractivity contribution is 9.10. The zero-order valence-electron chi connectivity index (χ0n) is 10.7. The predicted molar refractivity (Wildman–Crippen MR) is 85.4 cm³/mol. The summed E-state index contributed by atoms with van der Waals surface area (Å²) in [6, 6.07) is 15.4. The molecule has 19 heavy (non-hydrogen) atoms. The summed E-state index contributed by atoms with van der Waals surface area (Å²) < 4.78 is 1.08. The molecule has 0 amide bonds. The topological polar surface area (TPSA) is 3.24 Å². The van der Waals surface area contributed by atoms with Gasteiger partial charge in [0.15, 0.2) is 0 Å². The highest BCUT2D eigenvalue weighted by Crippen LogP contribution is 2.40. The molecule has 0 fully saturated rings. The number of nitrogens with zero attached hydrogens (tertiary/aromatic N) is 1. The summed E-state index contributed by atoms with van der Waals surface area (Å²) in [4.78, 5) is 2.40. The van der Waals surface area contributed by atoms with Crippen LogP contribution in [0.15, 0.2) is 46.9 Å². The SMILES string of the molecule is CC1Cc2ccccc2N1c1ccc(Br)cc1CCl. The van der Waals surface area contributed by atoms with Crippen LogP contribution >= 0.6 is 27.5 Å². The first-order valence-corrected chi connectivity index (χ1v) is 7.75. The number of benzene rings is 2. The predicted octanol–water partition coefficient (Wildman–Crippen LogP) is 5.27. The maximum atomic E-state index is 6.11. The van der Waals surface area contributed by atoms with E-state index in [1.807, 2.05) is 0 Å². The van der Waals surface area contributed by atoms with Crippen LogP contribution in [0.2, 0.25) is 0 Å². The molecular weight excluding hydrogens is 322 g/mol. The van der Waals surface area contributed by atoms with Gasteiger partial charge < -0.3 is 4.90 Å². The second-order valence-corrected chi connectivity index (χ2v) is 6.14. The van der Waals surface area contributed by atoms with Crippen LogP contribution in [0, 0.1) is 0 Å². The molecule has 1 unspecified atom stereocenters. The number of rotatable bonds is 2. The average Bonchev–Trinajstić information content (AvgIpc) is 2.74. The summed E-state index contributed by atoms with van der Waals surface area (Å²) in [7, 11) is 0. The molecule has 0 bridgehead atoms. The normalized spacial score (nSPS) is 17.6. The van der Waals surface area contributed by atoms with E-state index in [0.717, 1.165) is 10.9 Å². The zero-order valence-corrected chi connectivity index (χ0v) is 13.1. The van der Waals surface area contributed by atoms with Crippen LogP contribution in [0.4, 0.5) is 11.4 Å². The number of para-hydroxylation sites is 1. The molecule has 1 nitrogen and oxygen atoms in total. The molecule has 0 aliphatic carbocycles. The Balaban J connectivity index is 2.12. The molecule has 0 N–H and O–H groups in total. The Morgan fingerprint density at radius 2 is 2.00 bits per heavy atom. The van der Waals surface area contributed by atoms with Crippen LogP contribution in [0.3, 0.4) is 0 Å². The van der Waals surface area contributed by atoms with Crippen molar-refractivity contribution in [1.29, 1.82) is 0 Å². The van der Waals surface area contributed by atoms with Gasteiger partial charge in [-0.05, 0) is 48.7 Å². The number of fused-ring (bicyclic) bond motifs is 1. The Morgan fingerprint density at radius 1 is 1.21 bits per heavy atom. The molecule has 2 aromatic rings. The molecule has 0 aromatic heterocycles. The van der Waals surface area contributed by atoms with Crippen LogP contribution in [-0.4, -0.2) is 6.04 Å². The first kappa shape index (κ1) is 13.0. The Kier molecular flexibility index (Phi) is 3.55. The van der Waals surface area contributed by atoms with Crippen molar-refractivity contribution in [2.24, 2.45) is 0 Å². The quantitative estimate of drug-likeness (QED) is 0.675. The van der Waals surface area contributed by atoms with E-state index < -0.39 is 0 Å². The number of anilines is 2. The van der Waals surface area contributed by atoms with E-state index in [1.165, 1.54) is 22.5 Å². The van der Waals surface area contributed by atoms with E-state index in [9.17, 15) is 0 Å². The van der Waals surface area contributed by atoms with Gasteiger partial charge in [0.2, 0.25) is 0 Å². The van der Waals surface area contributed by atoms with Gasteiger partial charge in [-0.1, -0.05) is 34.1 Å². The summed E-state index contributed by atoms with van der Waals surface area (Å²) in [5, 5.41) is 0. The minimum atomic E-state index is 0.473. The van der Waals surface area contributed by atoms with Crippen molar-refractivity contribution in [3.8, 4) is 0 Å². The molecular formula is C16H15BrClN. The molecule has 98 valence electrons. The lowest BCUT2D eigenvalue weighted by atomic mass is 10.1. The Morgan fingerprint density at radius 3 is 2.79 bits per heavy atom. The second-order valence-electron chi connectivity index (χ2n) is 4.96. The first-order valence-electron chi connectivity index (χ1n) is 6.42. The van der Waals surface area contributed by atoms with Crippen LogP contribution in [0.25, 0.3) is 0 Å². The molecule has 1 aliphatic rings. The third kappa shape index (κ3) is 2.28. The van der Waals surface area contributed by atoms with Gasteiger partial charge in [-0.25, -0.2) is 0 Å². The van der Waals surface area contributed by atoms with Gasteiger partial charge in [-0.15, -0.1) is 11.6 Å². The fourth-order valence-corrected chi connectivity index (χ4v) is 3.45. The lowest BCUT2D eigenvalue weighted by Crippen LogP contribution is -2.24. The monoisotopic (exact) mass is 335 g/mol. The van der Waals surface area contributed by atoms with Crippen molar-refractivity contribution < 1.29 is 0 Å². The minimum Gasteiger partial charge on any atom is -0.338 e. The van der Waals surface area contributed by atoms with Crippen molar-refractivity contribution in [3.05, 3.63) is 58.1 Å². The molecule has 1 aliphatic heterocycles. The van der Waals surface area contributed by atoms with E-state index in [-0.39, 0.29) is 0 Å². The summed E-state index contributed by atoms with van der Waals surface area (Å²) in [6.45, 7) is 2.26. The molecule has 0 radical (unpaired) electrons. The van der Waals surface area contributed by atoms with Crippen molar-refractivity contribution in [1.82, 2.24) is 0 Å². The number of halogens is 2. The van der Waals surface area contributed by atoms with Gasteiger partial charge in [0, 0.05) is 27.8 Å². The molecule has 2 aromatic carbocycles. The lowest BCUT2D eigenvalue weighted by molar-refractivity contribution is 0.757. The highest BCUT2D eigenvalue weighted by Gasteiger charge is 2.27. The lowest BCUT2D eigenvalue weighted by Gasteiger charge is -2.27. The van der Waals surface area contributed by atoms with E-state index in [0.29, 0.717) is 11.9 Å². The van der Waals surface area contributed by atoms with Gasteiger partial charge in [-0.3, -0.25) is 0 Å². The van der Waals surface area contributed by atoms with Gasteiger partial charge >= 0.3 is 0 Å². The molecule has 3 rings (SSSR count). The standard InChI is InChI=1S/C16H15BrClN/c1-11-8-12-4-2-3-5-15(12)19(11)16-7-6-14(17)9-13(16)10-18/h2-7,9,11H,8,10H2,1H3.